The fourth-order valence-corrected chi connectivity index (χ4v) is 3.96. The van der Waals surface area contributed by atoms with Crippen LogP contribution in [-0.2, 0) is 25.7 Å². The van der Waals surface area contributed by atoms with E-state index in [4.69, 9.17) is 9.47 Å². The predicted octanol–water partition coefficient (Wildman–Crippen LogP) is 3.27. The van der Waals surface area contributed by atoms with E-state index < -0.39 is 11.6 Å². The summed E-state index contributed by atoms with van der Waals surface area (Å²) in [6.07, 6.45) is 3.06. The van der Waals surface area contributed by atoms with Crippen molar-refractivity contribution in [1.29, 1.82) is 0 Å². The van der Waals surface area contributed by atoms with Crippen molar-refractivity contribution in [3.63, 3.8) is 0 Å². The van der Waals surface area contributed by atoms with Gasteiger partial charge < -0.3 is 19.7 Å². The van der Waals surface area contributed by atoms with E-state index in [-0.39, 0.29) is 30.5 Å². The summed E-state index contributed by atoms with van der Waals surface area (Å²) in [6.45, 7) is 7.11. The van der Waals surface area contributed by atoms with Crippen LogP contribution in [0.1, 0.15) is 52.0 Å². The first-order valence-corrected chi connectivity index (χ1v) is 10.7. The number of esters is 1. The summed E-state index contributed by atoms with van der Waals surface area (Å²) in [6, 6.07) is 8.89. The zero-order valence-electron chi connectivity index (χ0n) is 18.1. The van der Waals surface area contributed by atoms with Gasteiger partial charge in [-0.1, -0.05) is 30.3 Å². The van der Waals surface area contributed by atoms with E-state index in [2.05, 4.69) is 5.32 Å². The van der Waals surface area contributed by atoms with Crippen LogP contribution in [0.3, 0.4) is 0 Å². The third-order valence-electron chi connectivity index (χ3n) is 5.57. The number of carbonyl (C=O) groups excluding carboxylic acids is 3. The number of nitrogens with zero attached hydrogens (tertiary/aromatic N) is 1. The van der Waals surface area contributed by atoms with Crippen molar-refractivity contribution in [2.45, 2.75) is 64.7 Å². The minimum absolute atomic E-state index is 0.100. The summed E-state index contributed by atoms with van der Waals surface area (Å²) < 4.78 is 10.8. The minimum Gasteiger partial charge on any atom is -0.459 e. The Hall–Kier alpha value is -2.57. The van der Waals surface area contributed by atoms with Gasteiger partial charge in [0.15, 0.2) is 0 Å². The maximum Gasteiger partial charge on any atom is 0.410 e. The maximum absolute atomic E-state index is 12.4. The molecule has 3 rings (SSSR count). The van der Waals surface area contributed by atoms with E-state index in [1.807, 2.05) is 51.1 Å². The number of β-lactam (4-membered cyclic amide) rings is 1. The Bertz CT molecular complexity index is 759. The highest BCUT2D eigenvalue weighted by Crippen LogP contribution is 2.28. The SMILES string of the molecule is CC(C)(C)OC(=O)N1CCCC(CCC2C(=O)NC2C(=O)OCc2ccccc2)C1. The number of hydrogen-bond acceptors (Lipinski definition) is 5. The molecule has 164 valence electrons. The highest BCUT2D eigenvalue weighted by molar-refractivity contribution is 5.97. The molecular weight excluding hydrogens is 384 g/mol. The molecule has 2 fully saturated rings. The summed E-state index contributed by atoms with van der Waals surface area (Å²) >= 11 is 0. The third-order valence-corrected chi connectivity index (χ3v) is 5.57. The van der Waals surface area contributed by atoms with Gasteiger partial charge in [-0.25, -0.2) is 9.59 Å². The van der Waals surface area contributed by atoms with E-state index >= 15 is 0 Å². The Kier molecular flexibility index (Phi) is 7.00. The quantitative estimate of drug-likeness (QED) is 0.568. The zero-order chi connectivity index (χ0) is 21.7. The van der Waals surface area contributed by atoms with Crippen molar-refractivity contribution in [2.24, 2.45) is 11.8 Å². The largest absolute Gasteiger partial charge is 0.459 e. The molecule has 0 bridgehead atoms. The number of amides is 2. The van der Waals surface area contributed by atoms with E-state index in [1.165, 1.54) is 0 Å². The Morgan fingerprint density at radius 1 is 1.17 bits per heavy atom. The number of nitrogens with one attached hydrogen (secondary N) is 1. The van der Waals surface area contributed by atoms with Crippen molar-refractivity contribution in [3.05, 3.63) is 35.9 Å². The number of piperidine rings is 1. The summed E-state index contributed by atoms with van der Waals surface area (Å²) in [5.41, 5.74) is 0.402. The second kappa shape index (κ2) is 9.49. The van der Waals surface area contributed by atoms with E-state index in [9.17, 15) is 14.4 Å². The van der Waals surface area contributed by atoms with Gasteiger partial charge in [-0.15, -0.1) is 0 Å². The van der Waals surface area contributed by atoms with E-state index in [0.717, 1.165) is 24.8 Å². The first-order valence-electron chi connectivity index (χ1n) is 10.7. The lowest BCUT2D eigenvalue weighted by molar-refractivity contribution is -0.159. The second-order valence-corrected chi connectivity index (χ2v) is 9.20. The molecule has 0 saturated carbocycles. The van der Waals surface area contributed by atoms with E-state index in [1.54, 1.807) is 4.90 Å². The molecule has 2 amide bonds. The van der Waals surface area contributed by atoms with Crippen LogP contribution in [0.5, 0.6) is 0 Å². The highest BCUT2D eigenvalue weighted by atomic mass is 16.6. The van der Waals surface area contributed by atoms with Crippen LogP contribution in [-0.4, -0.2) is 47.6 Å². The first-order chi connectivity index (χ1) is 14.2. The zero-order valence-corrected chi connectivity index (χ0v) is 18.1. The van der Waals surface area contributed by atoms with Gasteiger partial charge >= 0.3 is 12.1 Å². The molecule has 0 aliphatic carbocycles. The normalized spacial score (nSPS) is 23.9. The Morgan fingerprint density at radius 3 is 2.57 bits per heavy atom. The molecule has 0 radical (unpaired) electrons. The molecular formula is C23H32N2O5. The number of likely N-dealkylation sites (tertiary alicyclic amines) is 1. The van der Waals surface area contributed by atoms with Crippen molar-refractivity contribution >= 4 is 18.0 Å². The Morgan fingerprint density at radius 2 is 1.90 bits per heavy atom. The summed E-state index contributed by atoms with van der Waals surface area (Å²) in [7, 11) is 0. The topological polar surface area (TPSA) is 84.9 Å². The number of rotatable bonds is 6. The molecule has 7 heteroatoms. The van der Waals surface area contributed by atoms with Crippen molar-refractivity contribution < 1.29 is 23.9 Å². The molecule has 0 aromatic heterocycles. The number of hydrogen-bond donors (Lipinski definition) is 1. The minimum atomic E-state index is -0.577. The lowest BCUT2D eigenvalue weighted by Gasteiger charge is -2.37. The number of carbonyl (C=O) groups is 3. The average Bonchev–Trinajstić information content (AvgIpc) is 2.70. The summed E-state index contributed by atoms with van der Waals surface area (Å²) in [5.74, 6) is -0.537. The van der Waals surface area contributed by atoms with Crippen LogP contribution in [0.25, 0.3) is 0 Å². The molecule has 2 aliphatic rings. The summed E-state index contributed by atoms with van der Waals surface area (Å²) in [4.78, 5) is 38.5. The molecule has 3 atom stereocenters. The van der Waals surface area contributed by atoms with Crippen molar-refractivity contribution in [1.82, 2.24) is 10.2 Å². The molecule has 0 spiro atoms. The summed E-state index contributed by atoms with van der Waals surface area (Å²) in [5, 5.41) is 2.67. The molecule has 2 heterocycles. The number of benzene rings is 1. The van der Waals surface area contributed by atoms with Crippen molar-refractivity contribution in [3.8, 4) is 0 Å². The number of ether oxygens (including phenoxy) is 2. The van der Waals surface area contributed by atoms with Gasteiger partial charge in [0.2, 0.25) is 5.91 Å². The van der Waals surface area contributed by atoms with Crippen LogP contribution in [0.4, 0.5) is 4.79 Å². The van der Waals surface area contributed by atoms with E-state index in [0.29, 0.717) is 25.4 Å². The predicted molar refractivity (Wildman–Crippen MR) is 111 cm³/mol. The van der Waals surface area contributed by atoms with Crippen LogP contribution >= 0.6 is 0 Å². The highest BCUT2D eigenvalue weighted by Gasteiger charge is 2.45. The average molecular weight is 417 g/mol. The molecule has 1 aromatic rings. The van der Waals surface area contributed by atoms with Crippen LogP contribution < -0.4 is 5.32 Å². The van der Waals surface area contributed by atoms with Crippen molar-refractivity contribution in [2.75, 3.05) is 13.1 Å². The van der Waals surface area contributed by atoms with Crippen LogP contribution in [0.2, 0.25) is 0 Å². The fraction of sp³-hybridized carbons (Fsp3) is 0.609. The molecule has 1 N–H and O–H groups in total. The lowest BCUT2D eigenvalue weighted by atomic mass is 9.82. The molecule has 2 saturated heterocycles. The smallest absolute Gasteiger partial charge is 0.410 e. The van der Waals surface area contributed by atoms with Crippen LogP contribution in [0, 0.1) is 11.8 Å². The standard InChI is InChI=1S/C23H32N2O5/c1-23(2,3)30-22(28)25-13-7-10-16(14-25)11-12-18-19(24-20(18)26)21(27)29-15-17-8-5-4-6-9-17/h4-6,8-9,16,18-19H,7,10-15H2,1-3H3,(H,24,26). The lowest BCUT2D eigenvalue weighted by Crippen LogP contribution is -2.62. The molecule has 30 heavy (non-hydrogen) atoms. The van der Waals surface area contributed by atoms with Gasteiger partial charge in [0.05, 0.1) is 5.92 Å². The van der Waals surface area contributed by atoms with Gasteiger partial charge in [0, 0.05) is 13.1 Å². The van der Waals surface area contributed by atoms with Gasteiger partial charge in [-0.2, -0.15) is 0 Å². The van der Waals surface area contributed by atoms with Crippen LogP contribution in [0.15, 0.2) is 30.3 Å². The second-order valence-electron chi connectivity index (χ2n) is 9.20. The molecule has 3 unspecified atom stereocenters. The molecule has 1 aromatic carbocycles. The Balaban J connectivity index is 1.45. The van der Waals surface area contributed by atoms with Gasteiger partial charge in [-0.05, 0) is 57.9 Å². The van der Waals surface area contributed by atoms with Gasteiger partial charge in [0.25, 0.3) is 0 Å². The first kappa shape index (κ1) is 22.1. The van der Waals surface area contributed by atoms with Gasteiger partial charge in [-0.3, -0.25) is 4.79 Å². The third kappa shape index (κ3) is 5.97. The monoisotopic (exact) mass is 416 g/mol. The fourth-order valence-electron chi connectivity index (χ4n) is 3.96. The molecule has 2 aliphatic heterocycles. The maximum atomic E-state index is 12.4. The Labute approximate surface area is 178 Å². The van der Waals surface area contributed by atoms with Gasteiger partial charge in [0.1, 0.15) is 18.2 Å². The molecule has 7 nitrogen and oxygen atoms in total.